The summed E-state index contributed by atoms with van der Waals surface area (Å²) in [6.45, 7) is 0. The Hall–Kier alpha value is -2.76. The molecule has 0 atom stereocenters. The lowest BCUT2D eigenvalue weighted by atomic mass is 10.2. The van der Waals surface area contributed by atoms with Crippen molar-refractivity contribution in [2.24, 2.45) is 5.10 Å². The molecule has 1 amide bonds. The highest BCUT2D eigenvalue weighted by atomic mass is 16.5. The van der Waals surface area contributed by atoms with Crippen LogP contribution in [0.4, 0.5) is 0 Å². The monoisotopic (exact) mass is 274 g/mol. The minimum atomic E-state index is -0.418. The van der Waals surface area contributed by atoms with Crippen LogP contribution in [0.1, 0.15) is 16.1 Å². The number of ether oxygens (including phenoxy) is 2. The van der Waals surface area contributed by atoms with Crippen LogP contribution in [0, 0.1) is 0 Å². The Bertz CT molecular complexity index is 606. The van der Waals surface area contributed by atoms with Crippen LogP contribution in [0.5, 0.6) is 11.5 Å². The second kappa shape index (κ2) is 6.42. The van der Waals surface area contributed by atoms with Crippen molar-refractivity contribution in [3.63, 3.8) is 0 Å². The molecule has 104 valence electrons. The zero-order chi connectivity index (χ0) is 14.4. The maximum Gasteiger partial charge on any atom is 0.307 e. The number of furan rings is 1. The number of carbonyl (C=O) groups is 1. The average molecular weight is 274 g/mol. The van der Waals surface area contributed by atoms with Gasteiger partial charge < -0.3 is 13.9 Å². The van der Waals surface area contributed by atoms with E-state index in [2.05, 4.69) is 10.5 Å². The third-order valence-electron chi connectivity index (χ3n) is 2.56. The molecule has 0 saturated heterocycles. The molecular weight excluding hydrogens is 260 g/mol. The molecule has 6 nitrogen and oxygen atoms in total. The molecule has 1 aromatic carbocycles. The number of rotatable bonds is 5. The first-order chi connectivity index (χ1) is 9.74. The van der Waals surface area contributed by atoms with Crippen molar-refractivity contribution < 1.29 is 18.7 Å². The van der Waals surface area contributed by atoms with Crippen LogP contribution in [0.15, 0.2) is 46.1 Å². The van der Waals surface area contributed by atoms with Gasteiger partial charge in [0, 0.05) is 11.6 Å². The van der Waals surface area contributed by atoms with Gasteiger partial charge in [-0.1, -0.05) is 0 Å². The van der Waals surface area contributed by atoms with Crippen LogP contribution in [0.25, 0.3) is 0 Å². The zero-order valence-electron chi connectivity index (χ0n) is 11.1. The fourth-order valence-electron chi connectivity index (χ4n) is 1.55. The quantitative estimate of drug-likeness (QED) is 0.669. The molecule has 0 saturated carbocycles. The number of carbonyl (C=O) groups excluding carboxylic acids is 1. The Labute approximate surface area is 116 Å². The van der Waals surface area contributed by atoms with E-state index in [0.29, 0.717) is 17.1 Å². The van der Waals surface area contributed by atoms with Gasteiger partial charge in [-0.25, -0.2) is 5.43 Å². The SMILES string of the molecule is COc1ccc(/C=N/NC(=O)c2ccco2)c(OC)c1. The molecule has 0 bridgehead atoms. The van der Waals surface area contributed by atoms with E-state index < -0.39 is 5.91 Å². The summed E-state index contributed by atoms with van der Waals surface area (Å²) in [7, 11) is 3.12. The molecule has 2 rings (SSSR count). The van der Waals surface area contributed by atoms with Crippen molar-refractivity contribution in [1.82, 2.24) is 5.43 Å². The smallest absolute Gasteiger partial charge is 0.307 e. The topological polar surface area (TPSA) is 73.1 Å². The first-order valence-electron chi connectivity index (χ1n) is 5.83. The third-order valence-corrected chi connectivity index (χ3v) is 2.56. The van der Waals surface area contributed by atoms with Crippen LogP contribution in [0.3, 0.4) is 0 Å². The molecule has 0 aliphatic heterocycles. The molecular formula is C14H14N2O4. The van der Waals surface area contributed by atoms with Gasteiger partial charge in [0.25, 0.3) is 0 Å². The van der Waals surface area contributed by atoms with E-state index in [4.69, 9.17) is 13.9 Å². The molecule has 1 aromatic heterocycles. The number of hydrazone groups is 1. The van der Waals surface area contributed by atoms with E-state index in [-0.39, 0.29) is 5.76 Å². The van der Waals surface area contributed by atoms with Crippen molar-refractivity contribution >= 4 is 12.1 Å². The van der Waals surface area contributed by atoms with Crippen molar-refractivity contribution in [3.8, 4) is 11.5 Å². The fraction of sp³-hybridized carbons (Fsp3) is 0.143. The minimum absolute atomic E-state index is 0.198. The summed E-state index contributed by atoms with van der Waals surface area (Å²) >= 11 is 0. The molecule has 0 unspecified atom stereocenters. The summed E-state index contributed by atoms with van der Waals surface area (Å²) in [6.07, 6.45) is 2.91. The van der Waals surface area contributed by atoms with Crippen LogP contribution in [-0.4, -0.2) is 26.3 Å². The second-order valence-corrected chi connectivity index (χ2v) is 3.78. The Morgan fingerprint density at radius 1 is 1.30 bits per heavy atom. The second-order valence-electron chi connectivity index (χ2n) is 3.78. The van der Waals surface area contributed by atoms with Crippen molar-refractivity contribution in [2.75, 3.05) is 14.2 Å². The Morgan fingerprint density at radius 3 is 2.80 bits per heavy atom. The maximum absolute atomic E-state index is 11.6. The molecule has 1 heterocycles. The van der Waals surface area contributed by atoms with E-state index in [1.54, 1.807) is 44.6 Å². The van der Waals surface area contributed by atoms with Gasteiger partial charge in [-0.2, -0.15) is 5.10 Å². The number of benzene rings is 1. The lowest BCUT2D eigenvalue weighted by Crippen LogP contribution is -2.16. The van der Waals surface area contributed by atoms with Crippen LogP contribution in [-0.2, 0) is 0 Å². The molecule has 0 aliphatic carbocycles. The lowest BCUT2D eigenvalue weighted by Gasteiger charge is -2.06. The molecule has 0 aliphatic rings. The Kier molecular flexibility index (Phi) is 4.39. The van der Waals surface area contributed by atoms with E-state index in [9.17, 15) is 4.79 Å². The van der Waals surface area contributed by atoms with Crippen molar-refractivity contribution in [3.05, 3.63) is 47.9 Å². The Morgan fingerprint density at radius 2 is 2.15 bits per heavy atom. The summed E-state index contributed by atoms with van der Waals surface area (Å²) < 4.78 is 15.3. The molecule has 20 heavy (non-hydrogen) atoms. The summed E-state index contributed by atoms with van der Waals surface area (Å²) in [5.41, 5.74) is 3.08. The third kappa shape index (κ3) is 3.17. The molecule has 6 heteroatoms. The Balaban J connectivity index is 2.06. The van der Waals surface area contributed by atoms with E-state index in [1.165, 1.54) is 12.5 Å². The van der Waals surface area contributed by atoms with Crippen LogP contribution >= 0.6 is 0 Å². The first kappa shape index (κ1) is 13.7. The summed E-state index contributed by atoms with van der Waals surface area (Å²) in [5.74, 6) is 1.06. The standard InChI is InChI=1S/C14H14N2O4/c1-18-11-6-5-10(13(8-11)19-2)9-15-16-14(17)12-4-3-7-20-12/h3-9H,1-2H3,(H,16,17)/b15-9+. The van der Waals surface area contributed by atoms with Crippen molar-refractivity contribution in [1.29, 1.82) is 0 Å². The number of nitrogens with zero attached hydrogens (tertiary/aromatic N) is 1. The summed E-state index contributed by atoms with van der Waals surface area (Å²) in [4.78, 5) is 11.6. The molecule has 0 spiro atoms. The summed E-state index contributed by atoms with van der Waals surface area (Å²) in [5, 5.41) is 3.86. The molecule has 1 N–H and O–H groups in total. The maximum atomic E-state index is 11.6. The number of amides is 1. The van der Waals surface area contributed by atoms with E-state index >= 15 is 0 Å². The van der Waals surface area contributed by atoms with Gasteiger partial charge >= 0.3 is 5.91 Å². The normalized spacial score (nSPS) is 10.5. The number of hydrogen-bond acceptors (Lipinski definition) is 5. The molecule has 0 radical (unpaired) electrons. The predicted molar refractivity (Wildman–Crippen MR) is 73.3 cm³/mol. The van der Waals surface area contributed by atoms with Crippen molar-refractivity contribution in [2.45, 2.75) is 0 Å². The highest BCUT2D eigenvalue weighted by Crippen LogP contribution is 2.22. The van der Waals surface area contributed by atoms with Gasteiger partial charge in [0.2, 0.25) is 0 Å². The van der Waals surface area contributed by atoms with Gasteiger partial charge in [0.1, 0.15) is 11.5 Å². The highest BCUT2D eigenvalue weighted by molar-refractivity contribution is 5.92. The molecule has 0 fully saturated rings. The summed E-state index contributed by atoms with van der Waals surface area (Å²) in [6, 6.07) is 8.47. The van der Waals surface area contributed by atoms with E-state index in [1.807, 2.05) is 0 Å². The largest absolute Gasteiger partial charge is 0.497 e. The lowest BCUT2D eigenvalue weighted by molar-refractivity contribution is 0.0927. The zero-order valence-corrected chi connectivity index (χ0v) is 11.1. The average Bonchev–Trinajstić information content (AvgIpc) is 3.01. The van der Waals surface area contributed by atoms with Gasteiger partial charge in [-0.15, -0.1) is 0 Å². The predicted octanol–water partition coefficient (Wildman–Crippen LogP) is 2.06. The van der Waals surface area contributed by atoms with E-state index in [0.717, 1.165) is 0 Å². The highest BCUT2D eigenvalue weighted by Gasteiger charge is 2.06. The molecule has 2 aromatic rings. The number of hydrogen-bond donors (Lipinski definition) is 1. The van der Waals surface area contributed by atoms with Crippen LogP contribution < -0.4 is 14.9 Å². The number of methoxy groups -OCH3 is 2. The number of nitrogens with one attached hydrogen (secondary N) is 1. The van der Waals surface area contributed by atoms with Crippen LogP contribution in [0.2, 0.25) is 0 Å². The van der Waals surface area contributed by atoms with Gasteiger partial charge in [0.15, 0.2) is 5.76 Å². The van der Waals surface area contributed by atoms with Gasteiger partial charge in [-0.3, -0.25) is 4.79 Å². The van der Waals surface area contributed by atoms with Gasteiger partial charge in [0.05, 0.1) is 26.7 Å². The first-order valence-corrected chi connectivity index (χ1v) is 5.83. The van der Waals surface area contributed by atoms with Gasteiger partial charge in [-0.05, 0) is 24.3 Å². The fourth-order valence-corrected chi connectivity index (χ4v) is 1.55. The minimum Gasteiger partial charge on any atom is -0.497 e.